The summed E-state index contributed by atoms with van der Waals surface area (Å²) in [4.78, 5) is 25.9. The van der Waals surface area contributed by atoms with Crippen molar-refractivity contribution in [2.24, 2.45) is 0 Å². The number of hydrogen-bond donors (Lipinski definition) is 1. The maximum absolute atomic E-state index is 12.7. The molecular formula is C21H18ClN5O2. The van der Waals surface area contributed by atoms with Crippen LogP contribution < -0.4 is 10.1 Å². The lowest BCUT2D eigenvalue weighted by Gasteiger charge is -2.14. The Bertz CT molecular complexity index is 1190. The fraction of sp³-hybridized carbons (Fsp3) is 0.143. The van der Waals surface area contributed by atoms with Crippen LogP contribution in [0.4, 0.5) is 0 Å². The molecule has 7 nitrogen and oxygen atoms in total. The van der Waals surface area contributed by atoms with Gasteiger partial charge in [0.05, 0.1) is 35.6 Å². The van der Waals surface area contributed by atoms with Gasteiger partial charge < -0.3 is 10.1 Å². The van der Waals surface area contributed by atoms with E-state index in [0.717, 1.165) is 17.0 Å². The average Bonchev–Trinajstić information content (AvgIpc) is 3.08. The molecule has 0 aliphatic rings. The Hall–Kier alpha value is -3.45. The summed E-state index contributed by atoms with van der Waals surface area (Å²) in [7, 11) is 1.51. The van der Waals surface area contributed by atoms with Gasteiger partial charge in [-0.1, -0.05) is 17.7 Å². The van der Waals surface area contributed by atoms with Crippen molar-refractivity contribution in [1.82, 2.24) is 24.8 Å². The second kappa shape index (κ2) is 7.89. The minimum atomic E-state index is -0.300. The Balaban J connectivity index is 1.70. The van der Waals surface area contributed by atoms with E-state index >= 15 is 0 Å². The highest BCUT2D eigenvalue weighted by atomic mass is 35.5. The van der Waals surface area contributed by atoms with Gasteiger partial charge >= 0.3 is 0 Å². The van der Waals surface area contributed by atoms with Crippen molar-refractivity contribution in [3.63, 3.8) is 0 Å². The minimum Gasteiger partial charge on any atom is -0.496 e. The molecule has 0 atom stereocenters. The smallest absolute Gasteiger partial charge is 0.255 e. The number of hydrogen-bond acceptors (Lipinski definition) is 5. The number of ether oxygens (including phenoxy) is 1. The summed E-state index contributed by atoms with van der Waals surface area (Å²) in [5.74, 6) is 0.835. The van der Waals surface area contributed by atoms with Crippen LogP contribution in [-0.2, 0) is 6.54 Å². The molecule has 0 aliphatic heterocycles. The van der Waals surface area contributed by atoms with Crippen molar-refractivity contribution in [3.05, 3.63) is 77.0 Å². The Morgan fingerprint density at radius 1 is 1.17 bits per heavy atom. The summed E-state index contributed by atoms with van der Waals surface area (Å²) < 4.78 is 7.32. The lowest BCUT2D eigenvalue weighted by molar-refractivity contribution is 0.0947. The lowest BCUT2D eigenvalue weighted by Crippen LogP contribution is -2.24. The quantitative estimate of drug-likeness (QED) is 0.545. The van der Waals surface area contributed by atoms with Crippen LogP contribution in [0, 0.1) is 6.92 Å². The predicted octanol–water partition coefficient (Wildman–Crippen LogP) is 3.72. The number of rotatable bonds is 5. The number of aryl methyl sites for hydroxylation is 1. The number of carbonyl (C=O) groups excluding carboxylic acids is 1. The standard InChI is InChI=1S/C21H18ClN5O2/c1-13-26-17-7-5-9-24-20(17)27(13)18-11-19(29-2)15(10-16(18)22)21(28)25-12-14-6-3-4-8-23-14/h3-11H,12H2,1-2H3,(H,25,28). The Morgan fingerprint density at radius 3 is 2.76 bits per heavy atom. The third-order valence-electron chi connectivity index (χ3n) is 4.49. The number of aromatic nitrogens is 4. The molecule has 0 radical (unpaired) electrons. The van der Waals surface area contributed by atoms with Gasteiger partial charge in [-0.05, 0) is 37.3 Å². The van der Waals surface area contributed by atoms with Crippen molar-refractivity contribution in [1.29, 1.82) is 0 Å². The van der Waals surface area contributed by atoms with Crippen molar-refractivity contribution in [2.75, 3.05) is 7.11 Å². The molecule has 0 unspecified atom stereocenters. The van der Waals surface area contributed by atoms with E-state index in [2.05, 4.69) is 20.3 Å². The molecule has 0 aliphatic carbocycles. The van der Waals surface area contributed by atoms with Crippen LogP contribution in [0.3, 0.4) is 0 Å². The minimum absolute atomic E-state index is 0.300. The first-order valence-electron chi connectivity index (χ1n) is 8.94. The van der Waals surface area contributed by atoms with E-state index in [0.29, 0.717) is 34.2 Å². The number of amides is 1. The highest BCUT2D eigenvalue weighted by molar-refractivity contribution is 6.33. The van der Waals surface area contributed by atoms with E-state index in [1.807, 2.05) is 41.8 Å². The Morgan fingerprint density at radius 2 is 2.00 bits per heavy atom. The first-order valence-corrected chi connectivity index (χ1v) is 9.32. The van der Waals surface area contributed by atoms with E-state index in [4.69, 9.17) is 16.3 Å². The van der Waals surface area contributed by atoms with Crippen LogP contribution in [0.1, 0.15) is 21.9 Å². The van der Waals surface area contributed by atoms with Crippen molar-refractivity contribution >= 4 is 28.7 Å². The summed E-state index contributed by atoms with van der Waals surface area (Å²) in [6.45, 7) is 2.18. The van der Waals surface area contributed by atoms with Gasteiger partial charge in [-0.3, -0.25) is 14.3 Å². The summed E-state index contributed by atoms with van der Waals surface area (Å²) >= 11 is 6.56. The number of halogens is 1. The molecule has 29 heavy (non-hydrogen) atoms. The molecule has 4 aromatic rings. The molecule has 8 heteroatoms. The van der Waals surface area contributed by atoms with Crippen LogP contribution in [0.5, 0.6) is 5.75 Å². The fourth-order valence-corrected chi connectivity index (χ4v) is 3.39. The molecule has 1 N–H and O–H groups in total. The first-order chi connectivity index (χ1) is 14.1. The zero-order chi connectivity index (χ0) is 20.4. The van der Waals surface area contributed by atoms with E-state index in [-0.39, 0.29) is 5.91 Å². The molecule has 3 aromatic heterocycles. The van der Waals surface area contributed by atoms with E-state index in [1.54, 1.807) is 24.5 Å². The van der Waals surface area contributed by atoms with Crippen LogP contribution in [-0.4, -0.2) is 32.5 Å². The van der Waals surface area contributed by atoms with Crippen LogP contribution in [0.2, 0.25) is 5.02 Å². The van der Waals surface area contributed by atoms with Gasteiger partial charge in [-0.15, -0.1) is 0 Å². The molecule has 3 heterocycles. The maximum atomic E-state index is 12.7. The second-order valence-electron chi connectivity index (χ2n) is 6.35. The molecule has 4 rings (SSSR count). The largest absolute Gasteiger partial charge is 0.496 e. The molecule has 0 saturated heterocycles. The lowest BCUT2D eigenvalue weighted by atomic mass is 10.1. The monoisotopic (exact) mass is 407 g/mol. The summed E-state index contributed by atoms with van der Waals surface area (Å²) in [6, 6.07) is 12.6. The van der Waals surface area contributed by atoms with Crippen molar-refractivity contribution < 1.29 is 9.53 Å². The molecule has 1 aromatic carbocycles. The molecule has 0 bridgehead atoms. The van der Waals surface area contributed by atoms with Crippen molar-refractivity contribution in [3.8, 4) is 11.4 Å². The number of nitrogens with one attached hydrogen (secondary N) is 1. The topological polar surface area (TPSA) is 81.9 Å². The number of benzene rings is 1. The van der Waals surface area contributed by atoms with Crippen LogP contribution >= 0.6 is 11.6 Å². The molecule has 0 saturated carbocycles. The van der Waals surface area contributed by atoms with Gasteiger partial charge in [0, 0.05) is 18.5 Å². The Kier molecular flexibility index (Phi) is 5.14. The Labute approximate surface area is 172 Å². The molecule has 0 fully saturated rings. The highest BCUT2D eigenvalue weighted by Gasteiger charge is 2.19. The number of nitrogens with zero attached hydrogens (tertiary/aromatic N) is 4. The number of pyridine rings is 2. The SMILES string of the molecule is COc1cc(-n2c(C)nc3cccnc32)c(Cl)cc1C(=O)NCc1ccccn1. The normalized spacial score (nSPS) is 10.9. The summed E-state index contributed by atoms with van der Waals surface area (Å²) in [5, 5.41) is 3.23. The zero-order valence-corrected chi connectivity index (χ0v) is 16.6. The van der Waals surface area contributed by atoms with E-state index in [1.165, 1.54) is 7.11 Å². The third-order valence-corrected chi connectivity index (χ3v) is 4.80. The van der Waals surface area contributed by atoms with Gasteiger partial charge in [0.15, 0.2) is 5.65 Å². The number of imidazole rings is 1. The molecule has 1 amide bonds. The predicted molar refractivity (Wildman–Crippen MR) is 111 cm³/mol. The van der Waals surface area contributed by atoms with E-state index < -0.39 is 0 Å². The van der Waals surface area contributed by atoms with Crippen LogP contribution in [0.25, 0.3) is 16.9 Å². The van der Waals surface area contributed by atoms with Gasteiger partial charge in [0.1, 0.15) is 17.1 Å². The van der Waals surface area contributed by atoms with Crippen molar-refractivity contribution in [2.45, 2.75) is 13.5 Å². The summed E-state index contributed by atoms with van der Waals surface area (Å²) in [5.41, 5.74) is 3.18. The number of carbonyl (C=O) groups is 1. The molecule has 0 spiro atoms. The van der Waals surface area contributed by atoms with Crippen LogP contribution in [0.15, 0.2) is 54.9 Å². The second-order valence-corrected chi connectivity index (χ2v) is 6.76. The first kappa shape index (κ1) is 18.9. The zero-order valence-electron chi connectivity index (χ0n) is 15.9. The van der Waals surface area contributed by atoms with Gasteiger partial charge in [0.25, 0.3) is 5.91 Å². The maximum Gasteiger partial charge on any atom is 0.255 e. The third kappa shape index (κ3) is 3.64. The number of fused-ring (bicyclic) bond motifs is 1. The molecular weight excluding hydrogens is 390 g/mol. The summed E-state index contributed by atoms with van der Waals surface area (Å²) in [6.07, 6.45) is 3.38. The van der Waals surface area contributed by atoms with Gasteiger partial charge in [-0.25, -0.2) is 9.97 Å². The number of methoxy groups -OCH3 is 1. The average molecular weight is 408 g/mol. The highest BCUT2D eigenvalue weighted by Crippen LogP contribution is 2.32. The fourth-order valence-electron chi connectivity index (χ4n) is 3.14. The van der Waals surface area contributed by atoms with Gasteiger partial charge in [0.2, 0.25) is 0 Å². The molecule has 146 valence electrons. The van der Waals surface area contributed by atoms with E-state index in [9.17, 15) is 4.79 Å². The van der Waals surface area contributed by atoms with Gasteiger partial charge in [-0.2, -0.15) is 0 Å².